The Hall–Kier alpha value is -4.13. The molecule has 2 atom stereocenters. The van der Waals surface area contributed by atoms with E-state index in [9.17, 15) is 18.3 Å². The molecule has 0 saturated carbocycles. The lowest BCUT2D eigenvalue weighted by Crippen LogP contribution is -2.48. The first-order valence-corrected chi connectivity index (χ1v) is 16.6. The zero-order valence-electron chi connectivity index (χ0n) is 26.0. The van der Waals surface area contributed by atoms with Crippen molar-refractivity contribution >= 4 is 33.8 Å². The van der Waals surface area contributed by atoms with E-state index >= 15 is 0 Å². The van der Waals surface area contributed by atoms with Crippen LogP contribution in [0.1, 0.15) is 46.8 Å². The highest BCUT2D eigenvalue weighted by Gasteiger charge is 2.28. The molecule has 0 bridgehead atoms. The summed E-state index contributed by atoms with van der Waals surface area (Å²) >= 11 is 0. The molecule has 0 spiro atoms. The molecule has 3 aromatic carbocycles. The van der Waals surface area contributed by atoms with Crippen LogP contribution in [0, 0.1) is 6.92 Å². The van der Waals surface area contributed by atoms with Crippen LogP contribution in [0.15, 0.2) is 66.7 Å². The van der Waals surface area contributed by atoms with Gasteiger partial charge in [0.1, 0.15) is 5.75 Å². The van der Waals surface area contributed by atoms with E-state index in [0.717, 1.165) is 28.9 Å². The van der Waals surface area contributed by atoms with Gasteiger partial charge in [-0.2, -0.15) is 0 Å². The zero-order valence-corrected chi connectivity index (χ0v) is 26.8. The number of carbonyl (C=O) groups is 2. The number of nitrogens with zero attached hydrogens (tertiary/aromatic N) is 1. The Morgan fingerprint density at radius 3 is 2.47 bits per heavy atom. The molecule has 45 heavy (non-hydrogen) atoms. The third-order valence-electron chi connectivity index (χ3n) is 7.43. The molecule has 3 aromatic rings. The molecule has 0 radical (unpaired) electrons. The van der Waals surface area contributed by atoms with Gasteiger partial charge in [-0.15, -0.1) is 0 Å². The number of hydrogen-bond donors (Lipinski definition) is 5. The van der Waals surface area contributed by atoms with E-state index in [1.165, 1.54) is 4.31 Å². The van der Waals surface area contributed by atoms with E-state index in [2.05, 4.69) is 16.0 Å². The second-order valence-corrected chi connectivity index (χ2v) is 12.8. The smallest absolute Gasteiger partial charge is 0.290 e. The molecule has 0 aromatic heterocycles. The third-order valence-corrected chi connectivity index (χ3v) is 9.30. The Kier molecular flexibility index (Phi) is 13.7. The summed E-state index contributed by atoms with van der Waals surface area (Å²) in [5.41, 5.74) is 4.51. The molecule has 1 aliphatic heterocycles. The van der Waals surface area contributed by atoms with Crippen LogP contribution in [0.2, 0.25) is 0 Å². The normalized spacial score (nSPS) is 15.2. The Labute approximate surface area is 265 Å². The summed E-state index contributed by atoms with van der Waals surface area (Å²) in [4.78, 5) is 22.0. The maximum absolute atomic E-state index is 13.6. The quantitative estimate of drug-likeness (QED) is 0.176. The SMILES string of the molecule is CCNc1cc(C(=O)N[C@@H](Cc2ccccc2)[C@H](O)CNCc2ccc(C)c(OC)c2)cc(N2CCCCS2(=O)=O)c1.O=CO. The number of anilines is 2. The molecule has 0 unspecified atom stereocenters. The molecule has 244 valence electrons. The van der Waals surface area contributed by atoms with Crippen molar-refractivity contribution in [2.45, 2.75) is 51.8 Å². The highest BCUT2D eigenvalue weighted by molar-refractivity contribution is 7.92. The van der Waals surface area contributed by atoms with E-state index in [1.54, 1.807) is 25.3 Å². The van der Waals surface area contributed by atoms with Crippen LogP contribution < -0.4 is 25.0 Å². The molecule has 4 rings (SSSR count). The number of carbonyl (C=O) groups excluding carboxylic acids is 1. The van der Waals surface area contributed by atoms with Crippen LogP contribution in [0.3, 0.4) is 0 Å². The minimum absolute atomic E-state index is 0.0909. The van der Waals surface area contributed by atoms with Gasteiger partial charge in [0.15, 0.2) is 0 Å². The first-order chi connectivity index (χ1) is 21.6. The van der Waals surface area contributed by atoms with Crippen LogP contribution in [0.25, 0.3) is 0 Å². The predicted molar refractivity (Wildman–Crippen MR) is 177 cm³/mol. The number of aryl methyl sites for hydroxylation is 1. The van der Waals surface area contributed by atoms with Gasteiger partial charge in [-0.05, 0) is 74.1 Å². The summed E-state index contributed by atoms with van der Waals surface area (Å²) in [6.07, 6.45) is 0.929. The average molecular weight is 641 g/mol. The van der Waals surface area contributed by atoms with Crippen LogP contribution in [-0.4, -0.2) is 75.7 Å². The molecule has 1 aliphatic rings. The summed E-state index contributed by atoms with van der Waals surface area (Å²) in [7, 11) is -1.81. The van der Waals surface area contributed by atoms with Crippen molar-refractivity contribution in [3.05, 3.63) is 89.0 Å². The number of hydrogen-bond acceptors (Lipinski definition) is 8. The minimum Gasteiger partial charge on any atom is -0.496 e. The fourth-order valence-electron chi connectivity index (χ4n) is 5.16. The molecule has 1 saturated heterocycles. The molecular weight excluding hydrogens is 596 g/mol. The Bertz CT molecular complexity index is 1500. The van der Waals surface area contributed by atoms with Crippen molar-refractivity contribution in [2.75, 3.05) is 42.1 Å². The lowest BCUT2D eigenvalue weighted by molar-refractivity contribution is -0.122. The van der Waals surface area contributed by atoms with E-state index in [0.29, 0.717) is 49.4 Å². The first-order valence-electron chi connectivity index (χ1n) is 15.0. The number of amides is 1. The van der Waals surface area contributed by atoms with Gasteiger partial charge in [0.2, 0.25) is 10.0 Å². The van der Waals surface area contributed by atoms with Gasteiger partial charge < -0.3 is 30.9 Å². The number of aliphatic hydroxyl groups is 1. The third kappa shape index (κ3) is 10.5. The van der Waals surface area contributed by atoms with Gasteiger partial charge in [0.25, 0.3) is 12.4 Å². The lowest BCUT2D eigenvalue weighted by atomic mass is 10.00. The van der Waals surface area contributed by atoms with Crippen LogP contribution in [-0.2, 0) is 27.8 Å². The average Bonchev–Trinajstić information content (AvgIpc) is 3.02. The fraction of sp³-hybridized carbons (Fsp3) is 0.394. The molecule has 0 aliphatic carbocycles. The number of methoxy groups -OCH3 is 1. The lowest BCUT2D eigenvalue weighted by Gasteiger charge is -2.29. The van der Waals surface area contributed by atoms with Gasteiger partial charge in [-0.1, -0.05) is 42.5 Å². The van der Waals surface area contributed by atoms with Gasteiger partial charge in [0.05, 0.1) is 30.7 Å². The number of carboxylic acid groups (broad SMARTS) is 1. The predicted octanol–water partition coefficient (Wildman–Crippen LogP) is 3.56. The van der Waals surface area contributed by atoms with Crippen molar-refractivity contribution < 1.29 is 33.0 Å². The number of rotatable bonds is 13. The molecular formula is C33H44N4O7S. The highest BCUT2D eigenvalue weighted by Crippen LogP contribution is 2.28. The fourth-order valence-corrected chi connectivity index (χ4v) is 6.78. The Balaban J connectivity index is 0.00000177. The summed E-state index contributed by atoms with van der Waals surface area (Å²) < 4.78 is 32.4. The maximum Gasteiger partial charge on any atom is 0.290 e. The summed E-state index contributed by atoms with van der Waals surface area (Å²) in [6, 6.07) is 20.2. The van der Waals surface area contributed by atoms with Crippen molar-refractivity contribution in [1.29, 1.82) is 0 Å². The number of aliphatic hydroxyl groups excluding tert-OH is 1. The number of ether oxygens (including phenoxy) is 1. The van der Waals surface area contributed by atoms with Gasteiger partial charge in [0, 0.05) is 37.4 Å². The van der Waals surface area contributed by atoms with E-state index in [4.69, 9.17) is 14.6 Å². The summed E-state index contributed by atoms with van der Waals surface area (Å²) in [5.74, 6) is 0.516. The second-order valence-electron chi connectivity index (χ2n) is 10.8. The molecule has 1 heterocycles. The minimum atomic E-state index is -3.45. The molecule has 12 heteroatoms. The second kappa shape index (κ2) is 17.4. The van der Waals surface area contributed by atoms with E-state index in [1.807, 2.05) is 62.4 Å². The van der Waals surface area contributed by atoms with Gasteiger partial charge in [-0.25, -0.2) is 8.42 Å². The number of sulfonamides is 1. The van der Waals surface area contributed by atoms with Crippen molar-refractivity contribution in [2.24, 2.45) is 0 Å². The Morgan fingerprint density at radius 1 is 1.07 bits per heavy atom. The maximum atomic E-state index is 13.6. The van der Waals surface area contributed by atoms with Crippen molar-refractivity contribution in [3.63, 3.8) is 0 Å². The van der Waals surface area contributed by atoms with Crippen molar-refractivity contribution in [3.8, 4) is 5.75 Å². The number of benzene rings is 3. The summed E-state index contributed by atoms with van der Waals surface area (Å²) in [6.45, 7) is 5.45. The van der Waals surface area contributed by atoms with Crippen LogP contribution in [0.5, 0.6) is 5.75 Å². The molecule has 1 amide bonds. The van der Waals surface area contributed by atoms with E-state index in [-0.39, 0.29) is 24.7 Å². The van der Waals surface area contributed by atoms with E-state index < -0.39 is 22.2 Å². The molecule has 11 nitrogen and oxygen atoms in total. The molecule has 5 N–H and O–H groups in total. The summed E-state index contributed by atoms with van der Waals surface area (Å²) in [5, 5.41) is 27.7. The Morgan fingerprint density at radius 2 is 1.80 bits per heavy atom. The highest BCUT2D eigenvalue weighted by atomic mass is 32.2. The van der Waals surface area contributed by atoms with Gasteiger partial charge in [-0.3, -0.25) is 13.9 Å². The monoisotopic (exact) mass is 640 g/mol. The first kappa shape index (κ1) is 35.4. The topological polar surface area (TPSA) is 157 Å². The largest absolute Gasteiger partial charge is 0.496 e. The standard InChI is InChI=1S/C32H42N4O5S.CH2O2/c1-4-34-27-18-26(19-28(20-27)36-14-8-9-15-42(36,39)40)32(38)35-29(16-24-10-6-5-7-11-24)30(37)22-33-21-25-13-12-23(2)31(17-25)41-3;2-1-3/h5-7,10-13,17-20,29-30,33-34,37H,4,8-9,14-16,21-22H2,1-3H3,(H,35,38);1H,(H,2,3)/t29-,30+;/m0./s1. The van der Waals surface area contributed by atoms with Crippen LogP contribution in [0.4, 0.5) is 11.4 Å². The molecule has 1 fully saturated rings. The van der Waals surface area contributed by atoms with Crippen LogP contribution >= 0.6 is 0 Å². The van der Waals surface area contributed by atoms with Crippen molar-refractivity contribution in [1.82, 2.24) is 10.6 Å². The van der Waals surface area contributed by atoms with Gasteiger partial charge >= 0.3 is 0 Å². The zero-order chi connectivity index (χ0) is 32.8. The number of nitrogens with one attached hydrogen (secondary N) is 3.